The Bertz CT molecular complexity index is 432. The lowest BCUT2D eigenvalue weighted by Gasteiger charge is -2.22. The minimum Gasteiger partial charge on any atom is -0.368 e. The van der Waals surface area contributed by atoms with Crippen molar-refractivity contribution in [1.29, 1.82) is 0 Å². The van der Waals surface area contributed by atoms with Crippen LogP contribution >= 0.6 is 0 Å². The fourth-order valence-corrected chi connectivity index (χ4v) is 1.98. The highest BCUT2D eigenvalue weighted by molar-refractivity contribution is 5.56. The summed E-state index contributed by atoms with van der Waals surface area (Å²) in [6.07, 6.45) is 3.25. The summed E-state index contributed by atoms with van der Waals surface area (Å²) < 4.78 is 0. The molecule has 2 heterocycles. The molecule has 1 aromatic rings. The Morgan fingerprint density at radius 3 is 2.94 bits per heavy atom. The first-order valence-corrected chi connectivity index (χ1v) is 5.88. The maximum absolute atomic E-state index is 10.8. The summed E-state index contributed by atoms with van der Waals surface area (Å²) in [6.45, 7) is 2.64. The normalized spacial score (nSPS) is 16.4. The van der Waals surface area contributed by atoms with E-state index in [1.807, 2.05) is 0 Å². The van der Waals surface area contributed by atoms with Gasteiger partial charge in [0.05, 0.1) is 4.92 Å². The SMILES string of the molecule is Nc1ncc([N+](=O)[O-])c(NCC2CCNCC2)n1. The molecule has 1 fully saturated rings. The molecule has 0 spiro atoms. The van der Waals surface area contributed by atoms with Gasteiger partial charge in [0.15, 0.2) is 0 Å². The molecular weight excluding hydrogens is 236 g/mol. The third kappa shape index (κ3) is 3.04. The molecule has 4 N–H and O–H groups in total. The van der Waals surface area contributed by atoms with Crippen molar-refractivity contribution >= 4 is 17.5 Å². The van der Waals surface area contributed by atoms with E-state index in [1.165, 1.54) is 0 Å². The number of nitrogens with two attached hydrogens (primary N) is 1. The molecule has 1 aromatic heterocycles. The third-order valence-electron chi connectivity index (χ3n) is 3.00. The Labute approximate surface area is 104 Å². The van der Waals surface area contributed by atoms with E-state index in [1.54, 1.807) is 0 Å². The molecule has 0 amide bonds. The van der Waals surface area contributed by atoms with Gasteiger partial charge in [-0.3, -0.25) is 10.1 Å². The lowest BCUT2D eigenvalue weighted by molar-refractivity contribution is -0.384. The van der Waals surface area contributed by atoms with Crippen molar-refractivity contribution in [3.8, 4) is 0 Å². The van der Waals surface area contributed by atoms with Crippen LogP contribution in [0.5, 0.6) is 0 Å². The number of anilines is 2. The number of nitro groups is 1. The van der Waals surface area contributed by atoms with E-state index in [2.05, 4.69) is 20.6 Å². The monoisotopic (exact) mass is 252 g/mol. The topological polar surface area (TPSA) is 119 Å². The van der Waals surface area contributed by atoms with E-state index in [4.69, 9.17) is 5.73 Å². The molecule has 8 nitrogen and oxygen atoms in total. The molecule has 1 aliphatic rings. The number of hydrogen-bond acceptors (Lipinski definition) is 7. The maximum atomic E-state index is 10.8. The summed E-state index contributed by atoms with van der Waals surface area (Å²) >= 11 is 0. The van der Waals surface area contributed by atoms with Crippen LogP contribution in [0.25, 0.3) is 0 Å². The number of nitrogens with one attached hydrogen (secondary N) is 2. The van der Waals surface area contributed by atoms with E-state index in [9.17, 15) is 10.1 Å². The quantitative estimate of drug-likeness (QED) is 0.523. The highest BCUT2D eigenvalue weighted by atomic mass is 16.6. The summed E-state index contributed by atoms with van der Waals surface area (Å²) in [7, 11) is 0. The average Bonchev–Trinajstić information content (AvgIpc) is 2.37. The zero-order valence-electron chi connectivity index (χ0n) is 9.93. The first kappa shape index (κ1) is 12.5. The fraction of sp³-hybridized carbons (Fsp3) is 0.600. The number of piperidine rings is 1. The first-order chi connectivity index (χ1) is 8.66. The molecule has 2 rings (SSSR count). The van der Waals surface area contributed by atoms with Gasteiger partial charge >= 0.3 is 5.69 Å². The van der Waals surface area contributed by atoms with Gasteiger partial charge in [0.1, 0.15) is 6.20 Å². The molecule has 0 radical (unpaired) electrons. The smallest absolute Gasteiger partial charge is 0.329 e. The standard InChI is InChI=1S/C10H16N6O2/c11-10-14-6-8(16(17)18)9(15-10)13-5-7-1-3-12-4-2-7/h6-7,12H,1-5H2,(H3,11,13,14,15). The van der Waals surface area contributed by atoms with Crippen LogP contribution in [0.2, 0.25) is 0 Å². The zero-order valence-corrected chi connectivity index (χ0v) is 9.93. The molecule has 0 aliphatic carbocycles. The van der Waals surface area contributed by atoms with Crippen molar-refractivity contribution < 1.29 is 4.92 Å². The molecule has 0 bridgehead atoms. The lowest BCUT2D eigenvalue weighted by atomic mass is 9.98. The van der Waals surface area contributed by atoms with Crippen LogP contribution in [0.4, 0.5) is 17.5 Å². The summed E-state index contributed by atoms with van der Waals surface area (Å²) in [6, 6.07) is 0. The highest BCUT2D eigenvalue weighted by Crippen LogP contribution is 2.22. The lowest BCUT2D eigenvalue weighted by Crippen LogP contribution is -2.31. The second-order valence-corrected chi connectivity index (χ2v) is 4.29. The van der Waals surface area contributed by atoms with Crippen LogP contribution in [-0.4, -0.2) is 34.5 Å². The third-order valence-corrected chi connectivity index (χ3v) is 3.00. The van der Waals surface area contributed by atoms with Gasteiger partial charge in [-0.05, 0) is 31.8 Å². The predicted molar refractivity (Wildman–Crippen MR) is 67.2 cm³/mol. The van der Waals surface area contributed by atoms with E-state index in [-0.39, 0.29) is 17.5 Å². The van der Waals surface area contributed by atoms with E-state index in [0.717, 1.165) is 32.1 Å². The van der Waals surface area contributed by atoms with Crippen LogP contribution in [0, 0.1) is 16.0 Å². The van der Waals surface area contributed by atoms with Crippen molar-refractivity contribution in [3.05, 3.63) is 16.3 Å². The van der Waals surface area contributed by atoms with Crippen molar-refractivity contribution in [2.45, 2.75) is 12.8 Å². The van der Waals surface area contributed by atoms with Gasteiger partial charge in [-0.25, -0.2) is 4.98 Å². The fourth-order valence-electron chi connectivity index (χ4n) is 1.98. The zero-order chi connectivity index (χ0) is 13.0. The molecule has 0 unspecified atom stereocenters. The molecule has 1 saturated heterocycles. The number of aromatic nitrogens is 2. The first-order valence-electron chi connectivity index (χ1n) is 5.88. The van der Waals surface area contributed by atoms with Crippen molar-refractivity contribution in [2.75, 3.05) is 30.7 Å². The molecule has 18 heavy (non-hydrogen) atoms. The van der Waals surface area contributed by atoms with Gasteiger partial charge in [0.2, 0.25) is 11.8 Å². The van der Waals surface area contributed by atoms with Crippen LogP contribution in [0.15, 0.2) is 6.20 Å². The summed E-state index contributed by atoms with van der Waals surface area (Å²) in [5.41, 5.74) is 5.30. The van der Waals surface area contributed by atoms with Crippen LogP contribution in [0.3, 0.4) is 0 Å². The summed E-state index contributed by atoms with van der Waals surface area (Å²) in [5, 5.41) is 17.1. The Morgan fingerprint density at radius 2 is 2.28 bits per heavy atom. The van der Waals surface area contributed by atoms with Gasteiger partial charge in [0, 0.05) is 6.54 Å². The van der Waals surface area contributed by atoms with Crippen molar-refractivity contribution in [3.63, 3.8) is 0 Å². The van der Waals surface area contributed by atoms with Gasteiger partial charge in [-0.1, -0.05) is 0 Å². The van der Waals surface area contributed by atoms with Crippen LogP contribution in [-0.2, 0) is 0 Å². The van der Waals surface area contributed by atoms with Gasteiger partial charge in [0.25, 0.3) is 0 Å². The maximum Gasteiger partial charge on any atom is 0.329 e. The number of rotatable bonds is 4. The summed E-state index contributed by atoms with van der Waals surface area (Å²) in [5.74, 6) is 0.737. The minimum atomic E-state index is -0.510. The van der Waals surface area contributed by atoms with E-state index < -0.39 is 4.92 Å². The minimum absolute atomic E-state index is 0.0356. The molecule has 1 aliphatic heterocycles. The van der Waals surface area contributed by atoms with Gasteiger partial charge < -0.3 is 16.4 Å². The van der Waals surface area contributed by atoms with Crippen LogP contribution in [0.1, 0.15) is 12.8 Å². The molecule has 8 heteroatoms. The second-order valence-electron chi connectivity index (χ2n) is 4.29. The average molecular weight is 252 g/mol. The van der Waals surface area contributed by atoms with Crippen molar-refractivity contribution in [1.82, 2.24) is 15.3 Å². The predicted octanol–water partition coefficient (Wildman–Crippen LogP) is 0.378. The Hall–Kier alpha value is -1.96. The molecular formula is C10H16N6O2. The second kappa shape index (κ2) is 5.58. The number of nitrogens with zero attached hydrogens (tertiary/aromatic N) is 3. The van der Waals surface area contributed by atoms with Crippen molar-refractivity contribution in [2.24, 2.45) is 5.92 Å². The number of nitrogen functional groups attached to an aromatic ring is 1. The molecule has 98 valence electrons. The van der Waals surface area contributed by atoms with Crippen LogP contribution < -0.4 is 16.4 Å². The van der Waals surface area contributed by atoms with E-state index >= 15 is 0 Å². The Morgan fingerprint density at radius 1 is 1.56 bits per heavy atom. The molecule has 0 atom stereocenters. The summed E-state index contributed by atoms with van der Waals surface area (Å²) in [4.78, 5) is 17.8. The molecule has 0 saturated carbocycles. The van der Waals surface area contributed by atoms with Gasteiger partial charge in [-0.15, -0.1) is 0 Å². The Balaban J connectivity index is 2.03. The Kier molecular flexibility index (Phi) is 3.88. The van der Waals surface area contributed by atoms with Gasteiger partial charge in [-0.2, -0.15) is 4.98 Å². The molecule has 0 aromatic carbocycles. The highest BCUT2D eigenvalue weighted by Gasteiger charge is 2.19. The van der Waals surface area contributed by atoms with E-state index in [0.29, 0.717) is 12.5 Å². The largest absolute Gasteiger partial charge is 0.368 e. The number of hydrogen-bond donors (Lipinski definition) is 3.